The predicted molar refractivity (Wildman–Crippen MR) is 106 cm³/mol. The largest absolute Gasteiger partial charge is 0.354 e. The maximum Gasteiger partial charge on any atom is 0.257 e. The van der Waals surface area contributed by atoms with Crippen molar-refractivity contribution >= 4 is 28.2 Å². The molecule has 1 aliphatic heterocycles. The molecular weight excluding hydrogens is 342 g/mol. The van der Waals surface area contributed by atoms with Crippen molar-refractivity contribution < 1.29 is 4.79 Å². The van der Waals surface area contributed by atoms with Crippen molar-refractivity contribution in [2.45, 2.75) is 0 Å². The Morgan fingerprint density at radius 1 is 1.07 bits per heavy atom. The van der Waals surface area contributed by atoms with E-state index in [1.807, 2.05) is 18.2 Å². The number of hydrogen-bond acceptors (Lipinski definition) is 5. The van der Waals surface area contributed by atoms with Gasteiger partial charge in [0, 0.05) is 43.1 Å². The SMILES string of the molecule is CN1CCN(c2ccc(NC(=O)c3c[nH]c(=O)c4ccccc34)cn2)CC1. The van der Waals surface area contributed by atoms with E-state index in [4.69, 9.17) is 0 Å². The molecule has 1 saturated heterocycles. The van der Waals surface area contributed by atoms with Crippen LogP contribution in [0.2, 0.25) is 0 Å². The number of aromatic nitrogens is 2. The molecule has 138 valence electrons. The number of likely N-dealkylation sites (N-methyl/N-ethyl adjacent to an activating group) is 1. The third kappa shape index (κ3) is 3.54. The van der Waals surface area contributed by atoms with E-state index in [1.54, 1.807) is 24.4 Å². The molecule has 0 radical (unpaired) electrons. The zero-order chi connectivity index (χ0) is 18.8. The molecule has 0 bridgehead atoms. The molecule has 4 rings (SSSR count). The molecule has 0 atom stereocenters. The summed E-state index contributed by atoms with van der Waals surface area (Å²) >= 11 is 0. The first kappa shape index (κ1) is 17.2. The fourth-order valence-corrected chi connectivity index (χ4v) is 3.28. The summed E-state index contributed by atoms with van der Waals surface area (Å²) in [7, 11) is 2.11. The first-order chi connectivity index (χ1) is 13.1. The van der Waals surface area contributed by atoms with E-state index in [1.165, 1.54) is 6.20 Å². The van der Waals surface area contributed by atoms with Crippen molar-refractivity contribution in [1.29, 1.82) is 0 Å². The highest BCUT2D eigenvalue weighted by atomic mass is 16.1. The summed E-state index contributed by atoms with van der Waals surface area (Å²) in [5.74, 6) is 0.632. The molecule has 2 N–H and O–H groups in total. The molecule has 1 aromatic carbocycles. The molecule has 1 fully saturated rings. The summed E-state index contributed by atoms with van der Waals surface area (Å²) in [6, 6.07) is 10.8. The quantitative estimate of drug-likeness (QED) is 0.743. The molecule has 1 amide bonds. The monoisotopic (exact) mass is 363 g/mol. The number of aromatic amines is 1. The van der Waals surface area contributed by atoms with Crippen molar-refractivity contribution in [2.75, 3.05) is 43.4 Å². The van der Waals surface area contributed by atoms with Crippen LogP contribution in [-0.2, 0) is 0 Å². The van der Waals surface area contributed by atoms with Crippen LogP contribution in [-0.4, -0.2) is 54.0 Å². The molecule has 7 heteroatoms. The van der Waals surface area contributed by atoms with E-state index in [-0.39, 0.29) is 11.5 Å². The fraction of sp³-hybridized carbons (Fsp3) is 0.250. The van der Waals surface area contributed by atoms with Gasteiger partial charge in [0.05, 0.1) is 17.4 Å². The number of carbonyl (C=O) groups excluding carboxylic acids is 1. The third-order valence-corrected chi connectivity index (χ3v) is 4.89. The lowest BCUT2D eigenvalue weighted by molar-refractivity contribution is 0.102. The Morgan fingerprint density at radius 3 is 2.52 bits per heavy atom. The normalized spacial score (nSPS) is 15.1. The molecule has 0 aliphatic carbocycles. The number of piperazine rings is 1. The Hall–Kier alpha value is -3.19. The summed E-state index contributed by atoms with van der Waals surface area (Å²) in [6.07, 6.45) is 3.12. The summed E-state index contributed by atoms with van der Waals surface area (Å²) in [4.78, 5) is 36.2. The summed E-state index contributed by atoms with van der Waals surface area (Å²) in [5.41, 5.74) is 0.835. The lowest BCUT2D eigenvalue weighted by Crippen LogP contribution is -2.44. The summed E-state index contributed by atoms with van der Waals surface area (Å²) in [5, 5.41) is 3.98. The minimum atomic E-state index is -0.281. The van der Waals surface area contributed by atoms with Crippen molar-refractivity contribution in [3.8, 4) is 0 Å². The minimum absolute atomic E-state index is 0.208. The van der Waals surface area contributed by atoms with E-state index in [0.717, 1.165) is 32.0 Å². The number of amides is 1. The Labute approximate surface area is 156 Å². The second-order valence-corrected chi connectivity index (χ2v) is 6.73. The molecule has 2 aromatic heterocycles. The lowest BCUT2D eigenvalue weighted by Gasteiger charge is -2.33. The smallest absolute Gasteiger partial charge is 0.257 e. The zero-order valence-corrected chi connectivity index (χ0v) is 15.1. The second-order valence-electron chi connectivity index (χ2n) is 6.73. The maximum absolute atomic E-state index is 12.7. The van der Waals surface area contributed by atoms with Crippen LogP contribution in [0.3, 0.4) is 0 Å². The summed E-state index contributed by atoms with van der Waals surface area (Å²) in [6.45, 7) is 3.91. The third-order valence-electron chi connectivity index (χ3n) is 4.89. The van der Waals surface area contributed by atoms with E-state index in [0.29, 0.717) is 22.0 Å². The van der Waals surface area contributed by atoms with Gasteiger partial charge >= 0.3 is 0 Å². The molecule has 3 aromatic rings. The van der Waals surface area contributed by atoms with E-state index in [2.05, 4.69) is 32.1 Å². The average molecular weight is 363 g/mol. The highest BCUT2D eigenvalue weighted by Crippen LogP contribution is 2.18. The maximum atomic E-state index is 12.7. The van der Waals surface area contributed by atoms with Gasteiger partial charge in [-0.3, -0.25) is 9.59 Å². The number of carbonyl (C=O) groups is 1. The number of fused-ring (bicyclic) bond motifs is 1. The van der Waals surface area contributed by atoms with Crippen LogP contribution in [0.25, 0.3) is 10.8 Å². The van der Waals surface area contributed by atoms with Gasteiger partial charge in [0.15, 0.2) is 0 Å². The number of hydrogen-bond donors (Lipinski definition) is 2. The van der Waals surface area contributed by atoms with Crippen molar-refractivity contribution in [3.05, 3.63) is 64.7 Å². The molecule has 1 aliphatic rings. The van der Waals surface area contributed by atoms with Crippen LogP contribution in [0.4, 0.5) is 11.5 Å². The lowest BCUT2D eigenvalue weighted by atomic mass is 10.1. The molecule has 27 heavy (non-hydrogen) atoms. The summed E-state index contributed by atoms with van der Waals surface area (Å²) < 4.78 is 0. The zero-order valence-electron chi connectivity index (χ0n) is 15.1. The Balaban J connectivity index is 1.52. The first-order valence-electron chi connectivity index (χ1n) is 8.93. The second kappa shape index (κ2) is 7.20. The molecule has 7 nitrogen and oxygen atoms in total. The Morgan fingerprint density at radius 2 is 1.81 bits per heavy atom. The predicted octanol–water partition coefficient (Wildman–Crippen LogP) is 1.93. The molecular formula is C20H21N5O2. The number of pyridine rings is 2. The highest BCUT2D eigenvalue weighted by Gasteiger charge is 2.16. The van der Waals surface area contributed by atoms with Gasteiger partial charge in [0.25, 0.3) is 11.5 Å². The molecule has 0 spiro atoms. The minimum Gasteiger partial charge on any atom is -0.354 e. The molecule has 0 unspecified atom stereocenters. The van der Waals surface area contributed by atoms with Gasteiger partial charge in [-0.2, -0.15) is 0 Å². The van der Waals surface area contributed by atoms with Gasteiger partial charge in [0.1, 0.15) is 5.82 Å². The van der Waals surface area contributed by atoms with Gasteiger partial charge in [-0.05, 0) is 25.2 Å². The standard InChI is InChI=1S/C20H21N5O2/c1-24-8-10-25(11-9-24)18-7-6-14(12-21-18)23-20(27)17-13-22-19(26)16-5-3-2-4-15(16)17/h2-7,12-13H,8-11H2,1H3,(H,22,26)(H,23,27). The van der Waals surface area contributed by atoms with E-state index in [9.17, 15) is 9.59 Å². The average Bonchev–Trinajstić information content (AvgIpc) is 2.70. The Kier molecular flexibility index (Phi) is 4.60. The highest BCUT2D eigenvalue weighted by molar-refractivity contribution is 6.12. The first-order valence-corrected chi connectivity index (χ1v) is 8.93. The number of nitrogens with one attached hydrogen (secondary N) is 2. The van der Waals surface area contributed by atoms with Gasteiger partial charge in [-0.1, -0.05) is 18.2 Å². The van der Waals surface area contributed by atoms with Gasteiger partial charge in [-0.25, -0.2) is 4.98 Å². The van der Waals surface area contributed by atoms with Crippen LogP contribution < -0.4 is 15.8 Å². The van der Waals surface area contributed by atoms with Crippen molar-refractivity contribution in [1.82, 2.24) is 14.9 Å². The van der Waals surface area contributed by atoms with E-state index < -0.39 is 0 Å². The van der Waals surface area contributed by atoms with Crippen LogP contribution in [0.5, 0.6) is 0 Å². The van der Waals surface area contributed by atoms with Gasteiger partial charge in [0.2, 0.25) is 0 Å². The number of anilines is 2. The number of nitrogens with zero attached hydrogens (tertiary/aromatic N) is 3. The fourth-order valence-electron chi connectivity index (χ4n) is 3.28. The van der Waals surface area contributed by atoms with Crippen LogP contribution in [0, 0.1) is 0 Å². The van der Waals surface area contributed by atoms with Gasteiger partial charge in [-0.15, -0.1) is 0 Å². The van der Waals surface area contributed by atoms with Crippen LogP contribution in [0.1, 0.15) is 10.4 Å². The van der Waals surface area contributed by atoms with Gasteiger partial charge < -0.3 is 20.1 Å². The molecule has 3 heterocycles. The van der Waals surface area contributed by atoms with Crippen LogP contribution in [0.15, 0.2) is 53.6 Å². The molecule has 0 saturated carbocycles. The number of benzene rings is 1. The van der Waals surface area contributed by atoms with Crippen LogP contribution >= 0.6 is 0 Å². The Bertz CT molecular complexity index is 1020. The van der Waals surface area contributed by atoms with Crippen molar-refractivity contribution in [3.63, 3.8) is 0 Å². The van der Waals surface area contributed by atoms with Crippen molar-refractivity contribution in [2.24, 2.45) is 0 Å². The topological polar surface area (TPSA) is 81.3 Å². The number of rotatable bonds is 3. The van der Waals surface area contributed by atoms with E-state index >= 15 is 0 Å². The number of H-pyrrole nitrogens is 1.